The van der Waals surface area contributed by atoms with Gasteiger partial charge in [-0.1, -0.05) is 13.0 Å². The summed E-state index contributed by atoms with van der Waals surface area (Å²) in [5.74, 6) is 3.51. The predicted octanol–water partition coefficient (Wildman–Crippen LogP) is 2.46. The lowest BCUT2D eigenvalue weighted by Gasteiger charge is -2.37. The van der Waals surface area contributed by atoms with Crippen LogP contribution in [0.1, 0.15) is 25.3 Å². The van der Waals surface area contributed by atoms with Gasteiger partial charge in [-0.3, -0.25) is 9.89 Å². The van der Waals surface area contributed by atoms with E-state index in [4.69, 9.17) is 9.47 Å². The summed E-state index contributed by atoms with van der Waals surface area (Å²) in [5, 5.41) is 3.65. The van der Waals surface area contributed by atoms with Gasteiger partial charge in [0.15, 0.2) is 17.5 Å². The Balaban J connectivity index is 0.00000256. The SMILES string of the molecule is CCN1CCCC(CNC(=NC)N2CCN(Cc3ccc4c(c3)OCO4)CC2)C1.I. The summed E-state index contributed by atoms with van der Waals surface area (Å²) in [6.45, 7) is 12.3. The summed E-state index contributed by atoms with van der Waals surface area (Å²) >= 11 is 0. The van der Waals surface area contributed by atoms with Crippen LogP contribution >= 0.6 is 24.0 Å². The molecule has 1 unspecified atom stereocenters. The van der Waals surface area contributed by atoms with E-state index in [9.17, 15) is 0 Å². The Kier molecular flexibility index (Phi) is 8.88. The Hall–Kier alpha value is -1.26. The monoisotopic (exact) mass is 529 g/mol. The summed E-state index contributed by atoms with van der Waals surface area (Å²) in [7, 11) is 1.90. The van der Waals surface area contributed by atoms with Gasteiger partial charge in [0, 0.05) is 52.9 Å². The minimum atomic E-state index is 0. The molecule has 30 heavy (non-hydrogen) atoms. The van der Waals surface area contributed by atoms with Crippen LogP contribution in [0.25, 0.3) is 0 Å². The van der Waals surface area contributed by atoms with E-state index in [2.05, 4.69) is 44.1 Å². The highest BCUT2D eigenvalue weighted by Gasteiger charge is 2.23. The number of benzene rings is 1. The summed E-state index contributed by atoms with van der Waals surface area (Å²) in [5.41, 5.74) is 1.28. The molecule has 0 bridgehead atoms. The van der Waals surface area contributed by atoms with Crippen molar-refractivity contribution in [1.29, 1.82) is 0 Å². The second-order valence-electron chi connectivity index (χ2n) is 8.28. The zero-order valence-electron chi connectivity index (χ0n) is 18.3. The molecule has 2 saturated heterocycles. The van der Waals surface area contributed by atoms with Crippen molar-refractivity contribution >= 4 is 29.9 Å². The Morgan fingerprint density at radius 1 is 1.10 bits per heavy atom. The van der Waals surface area contributed by atoms with Gasteiger partial charge < -0.3 is 24.6 Å². The number of nitrogens with one attached hydrogen (secondary N) is 1. The highest BCUT2D eigenvalue weighted by molar-refractivity contribution is 14.0. The van der Waals surface area contributed by atoms with Crippen molar-refractivity contribution in [2.24, 2.45) is 10.9 Å². The van der Waals surface area contributed by atoms with E-state index < -0.39 is 0 Å². The number of hydrogen-bond acceptors (Lipinski definition) is 5. The molecular formula is C22H36IN5O2. The number of likely N-dealkylation sites (tertiary alicyclic amines) is 1. The molecule has 4 rings (SSSR count). The number of hydrogen-bond donors (Lipinski definition) is 1. The molecule has 1 aromatic rings. The third kappa shape index (κ3) is 5.91. The molecule has 1 N–H and O–H groups in total. The van der Waals surface area contributed by atoms with Crippen LogP contribution in [0.3, 0.4) is 0 Å². The topological polar surface area (TPSA) is 52.6 Å². The summed E-state index contributed by atoms with van der Waals surface area (Å²) < 4.78 is 10.9. The Morgan fingerprint density at radius 3 is 2.67 bits per heavy atom. The van der Waals surface area contributed by atoms with Gasteiger partial charge in [-0.15, -0.1) is 24.0 Å². The molecule has 0 aromatic heterocycles. The molecule has 0 spiro atoms. The number of fused-ring (bicyclic) bond motifs is 1. The van der Waals surface area contributed by atoms with Crippen LogP contribution in [-0.2, 0) is 6.54 Å². The zero-order valence-corrected chi connectivity index (χ0v) is 20.6. The van der Waals surface area contributed by atoms with Crippen LogP contribution in [-0.4, -0.2) is 86.9 Å². The molecule has 1 atom stereocenters. The second kappa shape index (κ2) is 11.4. The lowest BCUT2D eigenvalue weighted by atomic mass is 9.98. The van der Waals surface area contributed by atoms with Crippen LogP contribution in [0.4, 0.5) is 0 Å². The molecule has 2 fully saturated rings. The van der Waals surface area contributed by atoms with Gasteiger partial charge in [0.2, 0.25) is 6.79 Å². The van der Waals surface area contributed by atoms with Crippen molar-refractivity contribution in [3.63, 3.8) is 0 Å². The highest BCUT2D eigenvalue weighted by Crippen LogP contribution is 2.32. The largest absolute Gasteiger partial charge is 0.454 e. The maximum atomic E-state index is 5.51. The van der Waals surface area contributed by atoms with Gasteiger partial charge in [0.05, 0.1) is 0 Å². The van der Waals surface area contributed by atoms with E-state index in [0.717, 1.165) is 69.2 Å². The number of nitrogens with zero attached hydrogens (tertiary/aromatic N) is 4. The number of guanidine groups is 1. The van der Waals surface area contributed by atoms with Gasteiger partial charge in [0.25, 0.3) is 0 Å². The van der Waals surface area contributed by atoms with Gasteiger partial charge in [0.1, 0.15) is 0 Å². The molecule has 0 amide bonds. The smallest absolute Gasteiger partial charge is 0.231 e. The maximum Gasteiger partial charge on any atom is 0.231 e. The minimum Gasteiger partial charge on any atom is -0.454 e. The quantitative estimate of drug-likeness (QED) is 0.360. The molecule has 1 aromatic carbocycles. The van der Waals surface area contributed by atoms with Crippen LogP contribution in [0.2, 0.25) is 0 Å². The van der Waals surface area contributed by atoms with Crippen molar-refractivity contribution in [2.45, 2.75) is 26.3 Å². The fourth-order valence-corrected chi connectivity index (χ4v) is 4.59. The first kappa shape index (κ1) is 23.4. The Bertz CT molecular complexity index is 709. The minimum absolute atomic E-state index is 0. The number of piperazine rings is 1. The van der Waals surface area contributed by atoms with Crippen molar-refractivity contribution in [2.75, 3.05) is 66.2 Å². The van der Waals surface area contributed by atoms with Gasteiger partial charge in [-0.25, -0.2) is 0 Å². The predicted molar refractivity (Wildman–Crippen MR) is 131 cm³/mol. The second-order valence-corrected chi connectivity index (χ2v) is 8.28. The van der Waals surface area contributed by atoms with Crippen molar-refractivity contribution in [1.82, 2.24) is 20.0 Å². The van der Waals surface area contributed by atoms with Crippen molar-refractivity contribution in [3.05, 3.63) is 23.8 Å². The van der Waals surface area contributed by atoms with Crippen LogP contribution in [0.5, 0.6) is 11.5 Å². The van der Waals surface area contributed by atoms with Crippen molar-refractivity contribution < 1.29 is 9.47 Å². The summed E-state index contributed by atoms with van der Waals surface area (Å²) in [6, 6.07) is 6.27. The fourth-order valence-electron chi connectivity index (χ4n) is 4.59. The Labute approximate surface area is 197 Å². The molecule has 3 aliphatic heterocycles. The van der Waals surface area contributed by atoms with E-state index in [1.165, 1.54) is 31.5 Å². The van der Waals surface area contributed by atoms with Gasteiger partial charge in [-0.05, 0) is 49.5 Å². The lowest BCUT2D eigenvalue weighted by Crippen LogP contribution is -2.53. The molecular weight excluding hydrogens is 493 g/mol. The van der Waals surface area contributed by atoms with Crippen LogP contribution in [0, 0.1) is 5.92 Å². The molecule has 0 radical (unpaired) electrons. The molecule has 8 heteroatoms. The molecule has 0 saturated carbocycles. The first-order valence-electron chi connectivity index (χ1n) is 11.0. The standard InChI is InChI=1S/C22H35N5O2.HI/c1-3-25-8-4-5-19(16-25)14-24-22(23-2)27-11-9-26(10-12-27)15-18-6-7-20-21(13-18)29-17-28-20;/h6-7,13,19H,3-5,8-12,14-17H2,1-2H3,(H,23,24);1H. The van der Waals surface area contributed by atoms with E-state index >= 15 is 0 Å². The third-order valence-corrected chi connectivity index (χ3v) is 6.33. The van der Waals surface area contributed by atoms with E-state index in [0.29, 0.717) is 6.79 Å². The molecule has 3 aliphatic rings. The van der Waals surface area contributed by atoms with E-state index in [1.807, 2.05) is 13.1 Å². The molecule has 168 valence electrons. The average molecular weight is 529 g/mol. The summed E-state index contributed by atoms with van der Waals surface area (Å²) in [4.78, 5) is 12.0. The number of rotatable bonds is 5. The van der Waals surface area contributed by atoms with Crippen LogP contribution in [0.15, 0.2) is 23.2 Å². The molecule has 0 aliphatic carbocycles. The Morgan fingerprint density at radius 2 is 1.90 bits per heavy atom. The normalized spacial score (nSPS) is 22.7. The van der Waals surface area contributed by atoms with Gasteiger partial charge >= 0.3 is 0 Å². The first-order chi connectivity index (χ1) is 14.2. The fraction of sp³-hybridized carbons (Fsp3) is 0.682. The molecule has 7 nitrogen and oxygen atoms in total. The maximum absolute atomic E-state index is 5.51. The van der Waals surface area contributed by atoms with Crippen LogP contribution < -0.4 is 14.8 Å². The number of piperidine rings is 1. The van der Waals surface area contributed by atoms with Gasteiger partial charge in [-0.2, -0.15) is 0 Å². The number of aliphatic imine (C=N–C) groups is 1. The zero-order chi connectivity index (χ0) is 20.1. The van der Waals surface area contributed by atoms with E-state index in [1.54, 1.807) is 0 Å². The van der Waals surface area contributed by atoms with E-state index in [-0.39, 0.29) is 24.0 Å². The lowest BCUT2D eigenvalue weighted by molar-refractivity contribution is 0.167. The summed E-state index contributed by atoms with van der Waals surface area (Å²) in [6.07, 6.45) is 2.64. The average Bonchev–Trinajstić information content (AvgIpc) is 3.23. The number of ether oxygens (including phenoxy) is 2. The third-order valence-electron chi connectivity index (χ3n) is 6.33. The number of halogens is 1. The highest BCUT2D eigenvalue weighted by atomic mass is 127. The molecule has 3 heterocycles. The van der Waals surface area contributed by atoms with Crippen molar-refractivity contribution in [3.8, 4) is 11.5 Å². The first-order valence-corrected chi connectivity index (χ1v) is 11.0.